The number of carbonyl (C=O) groups excluding carboxylic acids is 2. The molecule has 0 aromatic heterocycles. The Labute approximate surface area is 122 Å². The van der Waals surface area contributed by atoms with Crippen LogP contribution in [0.1, 0.15) is 47.0 Å². The standard InChI is InChI=1S/C15H28N2O3/c1-5-12-15(19)17(8-7-9-20-6-2)13(10-11(3)4)14(18)16-12/h11-13H,5-10H2,1-4H3,(H,16,18). The lowest BCUT2D eigenvalue weighted by Crippen LogP contribution is -2.63. The molecule has 1 heterocycles. The zero-order valence-corrected chi connectivity index (χ0v) is 13.1. The van der Waals surface area contributed by atoms with Crippen LogP contribution in [0.3, 0.4) is 0 Å². The van der Waals surface area contributed by atoms with Crippen LogP contribution in [-0.4, -0.2) is 48.6 Å². The van der Waals surface area contributed by atoms with E-state index in [0.29, 0.717) is 38.5 Å². The van der Waals surface area contributed by atoms with Gasteiger partial charge < -0.3 is 15.0 Å². The zero-order valence-electron chi connectivity index (χ0n) is 13.1. The van der Waals surface area contributed by atoms with E-state index in [2.05, 4.69) is 19.2 Å². The smallest absolute Gasteiger partial charge is 0.245 e. The van der Waals surface area contributed by atoms with E-state index in [1.54, 1.807) is 4.90 Å². The molecule has 116 valence electrons. The van der Waals surface area contributed by atoms with Crippen LogP contribution < -0.4 is 5.32 Å². The lowest BCUT2D eigenvalue weighted by atomic mass is 9.97. The molecule has 0 aromatic rings. The Morgan fingerprint density at radius 3 is 2.55 bits per heavy atom. The van der Waals surface area contributed by atoms with Gasteiger partial charge in [0.05, 0.1) is 0 Å². The molecule has 0 spiro atoms. The first-order valence-corrected chi connectivity index (χ1v) is 7.69. The predicted octanol–water partition coefficient (Wildman–Crippen LogP) is 1.56. The molecule has 2 atom stereocenters. The summed E-state index contributed by atoms with van der Waals surface area (Å²) in [4.78, 5) is 26.4. The van der Waals surface area contributed by atoms with E-state index < -0.39 is 0 Å². The number of carbonyl (C=O) groups is 2. The Morgan fingerprint density at radius 2 is 2.00 bits per heavy atom. The SMILES string of the molecule is CCOCCCN1C(=O)C(CC)NC(=O)C1CC(C)C. The van der Waals surface area contributed by atoms with Crippen LogP contribution in [-0.2, 0) is 14.3 Å². The molecular formula is C15H28N2O3. The van der Waals surface area contributed by atoms with Crippen LogP contribution in [0.5, 0.6) is 0 Å². The molecule has 1 N–H and O–H groups in total. The van der Waals surface area contributed by atoms with Gasteiger partial charge in [0.25, 0.3) is 0 Å². The molecule has 0 aliphatic carbocycles. The highest BCUT2D eigenvalue weighted by Gasteiger charge is 2.39. The average Bonchev–Trinajstić information content (AvgIpc) is 2.40. The molecule has 2 unspecified atom stereocenters. The van der Waals surface area contributed by atoms with Gasteiger partial charge in [0, 0.05) is 19.8 Å². The summed E-state index contributed by atoms with van der Waals surface area (Å²) in [6.07, 6.45) is 2.13. The predicted molar refractivity (Wildman–Crippen MR) is 78.3 cm³/mol. The lowest BCUT2D eigenvalue weighted by Gasteiger charge is -2.39. The van der Waals surface area contributed by atoms with Gasteiger partial charge in [0.2, 0.25) is 11.8 Å². The third kappa shape index (κ3) is 4.47. The summed E-state index contributed by atoms with van der Waals surface area (Å²) in [5.41, 5.74) is 0. The molecule has 1 fully saturated rings. The van der Waals surface area contributed by atoms with Gasteiger partial charge in [-0.05, 0) is 32.1 Å². The molecule has 2 amide bonds. The molecule has 1 aliphatic rings. The van der Waals surface area contributed by atoms with Gasteiger partial charge in [-0.15, -0.1) is 0 Å². The van der Waals surface area contributed by atoms with E-state index in [4.69, 9.17) is 4.74 Å². The molecule has 5 heteroatoms. The van der Waals surface area contributed by atoms with Gasteiger partial charge in [0.1, 0.15) is 12.1 Å². The van der Waals surface area contributed by atoms with Crippen molar-refractivity contribution in [2.75, 3.05) is 19.8 Å². The summed E-state index contributed by atoms with van der Waals surface area (Å²) in [5, 5.41) is 2.84. The van der Waals surface area contributed by atoms with Crippen LogP contribution in [0.4, 0.5) is 0 Å². The minimum absolute atomic E-state index is 0.0124. The molecule has 1 rings (SSSR count). The van der Waals surface area contributed by atoms with Crippen molar-refractivity contribution in [2.45, 2.75) is 59.0 Å². The number of amides is 2. The van der Waals surface area contributed by atoms with Gasteiger partial charge in [0.15, 0.2) is 0 Å². The van der Waals surface area contributed by atoms with Crippen molar-refractivity contribution in [3.63, 3.8) is 0 Å². The molecular weight excluding hydrogens is 256 g/mol. The molecule has 1 aliphatic heterocycles. The zero-order chi connectivity index (χ0) is 15.1. The average molecular weight is 284 g/mol. The van der Waals surface area contributed by atoms with E-state index in [9.17, 15) is 9.59 Å². The largest absolute Gasteiger partial charge is 0.382 e. The Bertz CT molecular complexity index is 331. The fourth-order valence-corrected chi connectivity index (χ4v) is 2.53. The van der Waals surface area contributed by atoms with E-state index in [-0.39, 0.29) is 23.9 Å². The van der Waals surface area contributed by atoms with Crippen molar-refractivity contribution in [3.8, 4) is 0 Å². The number of hydrogen-bond acceptors (Lipinski definition) is 3. The third-order valence-electron chi connectivity index (χ3n) is 3.57. The number of nitrogens with zero attached hydrogens (tertiary/aromatic N) is 1. The molecule has 5 nitrogen and oxygen atoms in total. The number of rotatable bonds is 8. The maximum atomic E-state index is 12.4. The third-order valence-corrected chi connectivity index (χ3v) is 3.57. The molecule has 20 heavy (non-hydrogen) atoms. The number of piperazine rings is 1. The normalized spacial score (nSPS) is 23.4. The maximum Gasteiger partial charge on any atom is 0.245 e. The number of hydrogen-bond donors (Lipinski definition) is 1. The first-order chi connectivity index (χ1) is 9.51. The fourth-order valence-electron chi connectivity index (χ4n) is 2.53. The highest BCUT2D eigenvalue weighted by Crippen LogP contribution is 2.19. The minimum atomic E-state index is -0.363. The summed E-state index contributed by atoms with van der Waals surface area (Å²) >= 11 is 0. The summed E-state index contributed by atoms with van der Waals surface area (Å²) in [5.74, 6) is 0.418. The highest BCUT2D eigenvalue weighted by molar-refractivity contribution is 5.96. The van der Waals surface area contributed by atoms with E-state index in [1.165, 1.54) is 0 Å². The van der Waals surface area contributed by atoms with Crippen molar-refractivity contribution in [1.29, 1.82) is 0 Å². The van der Waals surface area contributed by atoms with Crippen molar-refractivity contribution < 1.29 is 14.3 Å². The molecule has 1 saturated heterocycles. The maximum absolute atomic E-state index is 12.4. The second kappa shape index (κ2) is 8.25. The Morgan fingerprint density at radius 1 is 1.30 bits per heavy atom. The molecule has 0 saturated carbocycles. The highest BCUT2D eigenvalue weighted by atomic mass is 16.5. The van der Waals surface area contributed by atoms with Gasteiger partial charge in [-0.3, -0.25) is 9.59 Å². The second-order valence-electron chi connectivity index (χ2n) is 5.70. The molecule has 0 aromatic carbocycles. The second-order valence-corrected chi connectivity index (χ2v) is 5.70. The van der Waals surface area contributed by atoms with Gasteiger partial charge in [-0.25, -0.2) is 0 Å². The van der Waals surface area contributed by atoms with Crippen LogP contribution in [0.15, 0.2) is 0 Å². The molecule has 0 radical (unpaired) electrons. The minimum Gasteiger partial charge on any atom is -0.382 e. The van der Waals surface area contributed by atoms with Crippen LogP contribution in [0.25, 0.3) is 0 Å². The lowest BCUT2D eigenvalue weighted by molar-refractivity contribution is -0.150. The molecule has 0 bridgehead atoms. The fraction of sp³-hybridized carbons (Fsp3) is 0.867. The van der Waals surface area contributed by atoms with E-state index in [1.807, 2.05) is 13.8 Å². The van der Waals surface area contributed by atoms with Crippen molar-refractivity contribution in [2.24, 2.45) is 5.92 Å². The Hall–Kier alpha value is -1.10. The van der Waals surface area contributed by atoms with Crippen molar-refractivity contribution in [3.05, 3.63) is 0 Å². The summed E-state index contributed by atoms with van der Waals surface area (Å²) in [6.45, 7) is 9.93. The number of nitrogens with one attached hydrogen (secondary N) is 1. The summed E-state index contributed by atoms with van der Waals surface area (Å²) in [7, 11) is 0. The number of ether oxygens (including phenoxy) is 1. The quantitative estimate of drug-likeness (QED) is 0.688. The van der Waals surface area contributed by atoms with Gasteiger partial charge in [-0.2, -0.15) is 0 Å². The van der Waals surface area contributed by atoms with E-state index >= 15 is 0 Å². The Balaban J connectivity index is 2.72. The van der Waals surface area contributed by atoms with Crippen molar-refractivity contribution >= 4 is 11.8 Å². The topological polar surface area (TPSA) is 58.6 Å². The van der Waals surface area contributed by atoms with Crippen molar-refractivity contribution in [1.82, 2.24) is 10.2 Å². The van der Waals surface area contributed by atoms with Crippen LogP contribution >= 0.6 is 0 Å². The first kappa shape index (κ1) is 17.0. The first-order valence-electron chi connectivity index (χ1n) is 7.69. The van der Waals surface area contributed by atoms with Gasteiger partial charge in [-0.1, -0.05) is 20.8 Å². The Kier molecular flexibility index (Phi) is 6.99. The van der Waals surface area contributed by atoms with Gasteiger partial charge >= 0.3 is 0 Å². The van der Waals surface area contributed by atoms with Crippen LogP contribution in [0, 0.1) is 5.92 Å². The summed E-state index contributed by atoms with van der Waals surface area (Å²) in [6, 6.07) is -0.690. The van der Waals surface area contributed by atoms with Crippen LogP contribution in [0.2, 0.25) is 0 Å². The monoisotopic (exact) mass is 284 g/mol. The van der Waals surface area contributed by atoms with E-state index in [0.717, 1.165) is 6.42 Å². The summed E-state index contributed by atoms with van der Waals surface area (Å²) < 4.78 is 5.32.